The van der Waals surface area contributed by atoms with Crippen molar-refractivity contribution in [3.63, 3.8) is 0 Å². The average molecular weight is 207 g/mol. The van der Waals surface area contributed by atoms with Crippen LogP contribution in [0.5, 0.6) is 0 Å². The summed E-state index contributed by atoms with van der Waals surface area (Å²) in [7, 11) is 0. The van der Waals surface area contributed by atoms with Gasteiger partial charge in [-0.2, -0.15) is 5.10 Å². The van der Waals surface area contributed by atoms with E-state index in [0.717, 1.165) is 23.4 Å². The first-order valence-corrected chi connectivity index (χ1v) is 4.88. The Morgan fingerprint density at radius 3 is 3.07 bits per heavy atom. The number of nitrogens with one attached hydrogen (secondary N) is 1. The van der Waals surface area contributed by atoms with Gasteiger partial charge >= 0.3 is 0 Å². The molecule has 2 heterocycles. The lowest BCUT2D eigenvalue weighted by molar-refractivity contribution is 0.271. The fourth-order valence-electron chi connectivity index (χ4n) is 1.46. The summed E-state index contributed by atoms with van der Waals surface area (Å²) in [6.07, 6.45) is 3.21. The van der Waals surface area contributed by atoms with E-state index in [0.29, 0.717) is 6.54 Å². The number of rotatable bonds is 4. The molecule has 80 valence electrons. The maximum Gasteiger partial charge on any atom is 0.163 e. The van der Waals surface area contributed by atoms with Gasteiger partial charge in [0.15, 0.2) is 5.65 Å². The fraction of sp³-hybridized carbons (Fsp3) is 0.444. The molecule has 0 amide bonds. The summed E-state index contributed by atoms with van der Waals surface area (Å²) in [5, 5.41) is 17.0. The van der Waals surface area contributed by atoms with Crippen LogP contribution in [-0.2, 0) is 6.54 Å². The van der Waals surface area contributed by atoms with Crippen molar-refractivity contribution < 1.29 is 5.11 Å². The Labute approximate surface area is 87.0 Å². The predicted molar refractivity (Wildman–Crippen MR) is 56.6 cm³/mol. The van der Waals surface area contributed by atoms with Crippen LogP contribution in [0, 0.1) is 0 Å². The van der Waals surface area contributed by atoms with E-state index in [4.69, 9.17) is 5.11 Å². The van der Waals surface area contributed by atoms with E-state index in [2.05, 4.69) is 20.4 Å². The van der Waals surface area contributed by atoms with E-state index in [-0.39, 0.29) is 6.61 Å². The van der Waals surface area contributed by atoms with Crippen LogP contribution in [0.3, 0.4) is 0 Å². The van der Waals surface area contributed by atoms with Crippen LogP contribution in [-0.4, -0.2) is 38.0 Å². The fourth-order valence-corrected chi connectivity index (χ4v) is 1.46. The van der Waals surface area contributed by atoms with Crippen molar-refractivity contribution in [1.82, 2.24) is 19.7 Å². The molecule has 0 bridgehead atoms. The average Bonchev–Trinajstić information content (AvgIpc) is 2.64. The molecule has 0 aliphatic carbocycles. The Kier molecular flexibility index (Phi) is 2.77. The third-order valence-electron chi connectivity index (χ3n) is 2.09. The van der Waals surface area contributed by atoms with Gasteiger partial charge < -0.3 is 10.4 Å². The van der Waals surface area contributed by atoms with Crippen LogP contribution < -0.4 is 5.32 Å². The highest BCUT2D eigenvalue weighted by atomic mass is 16.3. The molecule has 15 heavy (non-hydrogen) atoms. The molecular weight excluding hydrogens is 194 g/mol. The van der Waals surface area contributed by atoms with Crippen molar-refractivity contribution in [2.24, 2.45) is 0 Å². The molecule has 0 aliphatic heterocycles. The second-order valence-electron chi connectivity index (χ2n) is 3.08. The summed E-state index contributed by atoms with van der Waals surface area (Å²) in [5.41, 5.74) is 0.745. The molecule has 0 aliphatic rings. The number of hydrogen-bond donors (Lipinski definition) is 2. The quantitative estimate of drug-likeness (QED) is 0.751. The topological polar surface area (TPSA) is 75.9 Å². The summed E-state index contributed by atoms with van der Waals surface area (Å²) in [6, 6.07) is 0. The molecular formula is C9H13N5O. The summed E-state index contributed by atoms with van der Waals surface area (Å²) >= 11 is 0. The standard InChI is InChI=1S/C9H13N5O/c1-2-10-8-7-5-13-14(3-4-15)9(7)12-6-11-8/h5-6,15H,2-4H2,1H3,(H,10,11,12). The largest absolute Gasteiger partial charge is 0.394 e. The first kappa shape index (κ1) is 9.85. The third-order valence-corrected chi connectivity index (χ3v) is 2.09. The molecule has 2 aromatic rings. The van der Waals surface area contributed by atoms with Crippen LogP contribution in [0.15, 0.2) is 12.5 Å². The molecule has 0 spiro atoms. The summed E-state index contributed by atoms with van der Waals surface area (Å²) in [4.78, 5) is 8.27. The Balaban J connectivity index is 2.48. The number of aliphatic hydroxyl groups excluding tert-OH is 1. The zero-order valence-corrected chi connectivity index (χ0v) is 8.51. The van der Waals surface area contributed by atoms with Crippen LogP contribution in [0.4, 0.5) is 5.82 Å². The monoisotopic (exact) mass is 207 g/mol. The van der Waals surface area contributed by atoms with Gasteiger partial charge in [0.05, 0.1) is 24.7 Å². The number of anilines is 1. The van der Waals surface area contributed by atoms with Gasteiger partial charge in [0.1, 0.15) is 12.1 Å². The van der Waals surface area contributed by atoms with Gasteiger partial charge in [-0.1, -0.05) is 0 Å². The van der Waals surface area contributed by atoms with E-state index in [1.807, 2.05) is 6.92 Å². The van der Waals surface area contributed by atoms with Crippen LogP contribution in [0.25, 0.3) is 11.0 Å². The van der Waals surface area contributed by atoms with Gasteiger partial charge in [0, 0.05) is 6.54 Å². The Morgan fingerprint density at radius 1 is 1.47 bits per heavy atom. The van der Waals surface area contributed by atoms with Crippen molar-refractivity contribution in [2.75, 3.05) is 18.5 Å². The molecule has 0 fully saturated rings. The molecule has 2 N–H and O–H groups in total. The lowest BCUT2D eigenvalue weighted by Crippen LogP contribution is -2.05. The normalized spacial score (nSPS) is 10.8. The first-order chi connectivity index (χ1) is 7.36. The molecule has 6 heteroatoms. The first-order valence-electron chi connectivity index (χ1n) is 4.88. The van der Waals surface area contributed by atoms with Crippen molar-refractivity contribution in [2.45, 2.75) is 13.5 Å². The predicted octanol–water partition coefficient (Wildman–Crippen LogP) is 0.250. The second kappa shape index (κ2) is 4.22. The van der Waals surface area contributed by atoms with Gasteiger partial charge in [-0.15, -0.1) is 0 Å². The molecule has 0 radical (unpaired) electrons. The van der Waals surface area contributed by atoms with Gasteiger partial charge in [0.25, 0.3) is 0 Å². The van der Waals surface area contributed by atoms with E-state index in [9.17, 15) is 0 Å². The molecule has 0 unspecified atom stereocenters. The SMILES string of the molecule is CCNc1ncnc2c1cnn2CCO. The number of fused-ring (bicyclic) bond motifs is 1. The van der Waals surface area contributed by atoms with Crippen molar-refractivity contribution in [3.05, 3.63) is 12.5 Å². The van der Waals surface area contributed by atoms with Crippen LogP contribution in [0.1, 0.15) is 6.92 Å². The minimum absolute atomic E-state index is 0.0529. The highest BCUT2D eigenvalue weighted by Crippen LogP contribution is 2.17. The summed E-state index contributed by atoms with van der Waals surface area (Å²) in [5.74, 6) is 0.784. The number of aliphatic hydroxyl groups is 1. The number of hydrogen-bond acceptors (Lipinski definition) is 5. The maximum absolute atomic E-state index is 8.85. The zero-order valence-electron chi connectivity index (χ0n) is 8.51. The summed E-state index contributed by atoms with van der Waals surface area (Å²) in [6.45, 7) is 3.31. The van der Waals surface area contributed by atoms with Crippen LogP contribution in [0.2, 0.25) is 0 Å². The van der Waals surface area contributed by atoms with Gasteiger partial charge in [-0.3, -0.25) is 0 Å². The molecule has 2 rings (SSSR count). The number of nitrogens with zero attached hydrogens (tertiary/aromatic N) is 4. The zero-order chi connectivity index (χ0) is 10.7. The molecule has 6 nitrogen and oxygen atoms in total. The van der Waals surface area contributed by atoms with E-state index < -0.39 is 0 Å². The number of aromatic nitrogens is 4. The van der Waals surface area contributed by atoms with E-state index >= 15 is 0 Å². The van der Waals surface area contributed by atoms with Gasteiger partial charge in [-0.05, 0) is 6.92 Å². The minimum Gasteiger partial charge on any atom is -0.394 e. The van der Waals surface area contributed by atoms with E-state index in [1.54, 1.807) is 10.9 Å². The van der Waals surface area contributed by atoms with Crippen molar-refractivity contribution in [3.8, 4) is 0 Å². The Morgan fingerprint density at radius 2 is 2.33 bits per heavy atom. The maximum atomic E-state index is 8.85. The van der Waals surface area contributed by atoms with Crippen molar-refractivity contribution >= 4 is 16.9 Å². The molecule has 0 atom stereocenters. The lowest BCUT2D eigenvalue weighted by atomic mass is 10.4. The molecule has 0 aromatic carbocycles. The Hall–Kier alpha value is -1.69. The highest BCUT2D eigenvalue weighted by molar-refractivity contribution is 5.85. The Bertz CT molecular complexity index is 453. The third kappa shape index (κ3) is 1.75. The van der Waals surface area contributed by atoms with E-state index in [1.165, 1.54) is 6.33 Å². The molecule has 2 aromatic heterocycles. The highest BCUT2D eigenvalue weighted by Gasteiger charge is 2.07. The lowest BCUT2D eigenvalue weighted by Gasteiger charge is -2.03. The minimum atomic E-state index is 0.0529. The van der Waals surface area contributed by atoms with Crippen LogP contribution >= 0.6 is 0 Å². The molecule has 0 saturated heterocycles. The smallest absolute Gasteiger partial charge is 0.163 e. The summed E-state index contributed by atoms with van der Waals surface area (Å²) < 4.78 is 1.66. The second-order valence-corrected chi connectivity index (χ2v) is 3.08. The van der Waals surface area contributed by atoms with Gasteiger partial charge in [-0.25, -0.2) is 14.6 Å². The van der Waals surface area contributed by atoms with Crippen molar-refractivity contribution in [1.29, 1.82) is 0 Å². The van der Waals surface area contributed by atoms with Gasteiger partial charge in [0.2, 0.25) is 0 Å². The molecule has 0 saturated carbocycles.